The fourth-order valence-corrected chi connectivity index (χ4v) is 4.55. The molecule has 2 aliphatic heterocycles. The van der Waals surface area contributed by atoms with Gasteiger partial charge in [0.05, 0.1) is 0 Å². The van der Waals surface area contributed by atoms with Crippen LogP contribution < -0.4 is 5.32 Å². The highest BCUT2D eigenvalue weighted by Crippen LogP contribution is 2.40. The normalized spacial score (nSPS) is 44.4. The van der Waals surface area contributed by atoms with Gasteiger partial charge in [-0.3, -0.25) is 4.79 Å². The highest BCUT2D eigenvalue weighted by molar-refractivity contribution is 5.79. The zero-order valence-electron chi connectivity index (χ0n) is 11.6. The molecule has 0 aromatic rings. The molecule has 0 aromatic carbocycles. The zero-order valence-corrected chi connectivity index (χ0v) is 11.6. The minimum absolute atomic E-state index is 0.312. The summed E-state index contributed by atoms with van der Waals surface area (Å²) in [6.07, 6.45) is 9.47. The molecular weight excluding hydrogens is 236 g/mol. The summed E-state index contributed by atoms with van der Waals surface area (Å²) < 4.78 is 0. The second-order valence-electron chi connectivity index (χ2n) is 7.00. The largest absolute Gasteiger partial charge is 0.342 e. The van der Waals surface area contributed by atoms with Crippen molar-refractivity contribution < 1.29 is 4.79 Å². The van der Waals surface area contributed by atoms with Crippen LogP contribution in [0.3, 0.4) is 0 Å². The molecule has 0 aromatic heterocycles. The SMILES string of the molecule is O=C(C1CCCC2C=C[C@@H]2C1)N1CC2CNCC2C1. The lowest BCUT2D eigenvalue weighted by Crippen LogP contribution is -2.37. The lowest BCUT2D eigenvalue weighted by Gasteiger charge is -2.30. The Morgan fingerprint density at radius 1 is 1.05 bits per heavy atom. The average molecular weight is 260 g/mol. The molecule has 0 radical (unpaired) electrons. The van der Waals surface area contributed by atoms with Gasteiger partial charge in [-0.1, -0.05) is 18.6 Å². The van der Waals surface area contributed by atoms with Crippen LogP contribution in [0.25, 0.3) is 0 Å². The smallest absolute Gasteiger partial charge is 0.225 e. The van der Waals surface area contributed by atoms with E-state index in [1.807, 2.05) is 0 Å². The first-order valence-corrected chi connectivity index (χ1v) is 7.99. The van der Waals surface area contributed by atoms with Gasteiger partial charge in [-0.2, -0.15) is 0 Å². The summed E-state index contributed by atoms with van der Waals surface area (Å²) in [4.78, 5) is 14.9. The molecule has 0 spiro atoms. The van der Waals surface area contributed by atoms with Crippen molar-refractivity contribution in [2.24, 2.45) is 29.6 Å². The van der Waals surface area contributed by atoms with Gasteiger partial charge in [0.1, 0.15) is 0 Å². The highest BCUT2D eigenvalue weighted by atomic mass is 16.2. The number of hydrogen-bond acceptors (Lipinski definition) is 2. The molecule has 1 N–H and O–H groups in total. The fraction of sp³-hybridized carbons (Fsp3) is 0.812. The summed E-state index contributed by atoms with van der Waals surface area (Å²) >= 11 is 0. The van der Waals surface area contributed by atoms with Gasteiger partial charge in [0.15, 0.2) is 0 Å². The van der Waals surface area contributed by atoms with Crippen LogP contribution in [0.4, 0.5) is 0 Å². The van der Waals surface area contributed by atoms with Gasteiger partial charge >= 0.3 is 0 Å². The highest BCUT2D eigenvalue weighted by Gasteiger charge is 2.41. The molecule has 2 heterocycles. The van der Waals surface area contributed by atoms with Gasteiger partial charge < -0.3 is 10.2 Å². The number of allylic oxidation sites excluding steroid dienone is 2. The standard InChI is InChI=1S/C16H24N2O/c19-16(18-9-14-7-17-8-15(14)10-18)13-3-1-2-11-4-5-12(11)6-13/h4-5,11-15,17H,1-3,6-10H2/t11?,12-,13?,14?,15?/m1/s1. The first kappa shape index (κ1) is 12.0. The van der Waals surface area contributed by atoms with E-state index in [0.717, 1.165) is 56.8 Å². The van der Waals surface area contributed by atoms with Crippen LogP contribution in [0.2, 0.25) is 0 Å². The number of amides is 1. The third-order valence-corrected chi connectivity index (χ3v) is 5.85. The second-order valence-corrected chi connectivity index (χ2v) is 7.00. The quantitative estimate of drug-likeness (QED) is 0.727. The van der Waals surface area contributed by atoms with E-state index in [9.17, 15) is 4.79 Å². The van der Waals surface area contributed by atoms with Crippen molar-refractivity contribution in [3.8, 4) is 0 Å². The molecule has 2 saturated heterocycles. The molecule has 3 heteroatoms. The van der Waals surface area contributed by atoms with Crippen LogP contribution in [0.15, 0.2) is 12.2 Å². The fourth-order valence-electron chi connectivity index (χ4n) is 4.55. The monoisotopic (exact) mass is 260 g/mol. The predicted octanol–water partition coefficient (Wildman–Crippen LogP) is 1.66. The maximum atomic E-state index is 12.7. The van der Waals surface area contributed by atoms with Crippen molar-refractivity contribution in [1.29, 1.82) is 0 Å². The van der Waals surface area contributed by atoms with Crippen LogP contribution in [-0.2, 0) is 4.79 Å². The molecule has 1 saturated carbocycles. The Hall–Kier alpha value is -0.830. The molecule has 4 unspecified atom stereocenters. The average Bonchev–Trinajstić information content (AvgIpc) is 2.92. The summed E-state index contributed by atoms with van der Waals surface area (Å²) in [6, 6.07) is 0. The molecular formula is C16H24N2O. The number of fused-ring (bicyclic) bond motifs is 2. The van der Waals surface area contributed by atoms with Crippen molar-refractivity contribution in [3.63, 3.8) is 0 Å². The molecule has 104 valence electrons. The van der Waals surface area contributed by atoms with Crippen LogP contribution >= 0.6 is 0 Å². The van der Waals surface area contributed by atoms with Gasteiger partial charge in [0, 0.05) is 32.1 Å². The Labute approximate surface area is 115 Å². The molecule has 4 aliphatic rings. The topological polar surface area (TPSA) is 32.3 Å². The minimum Gasteiger partial charge on any atom is -0.342 e. The number of carbonyl (C=O) groups is 1. The van der Waals surface area contributed by atoms with E-state index in [2.05, 4.69) is 22.4 Å². The zero-order chi connectivity index (χ0) is 12.8. The number of hydrogen-bond donors (Lipinski definition) is 1. The molecule has 5 atom stereocenters. The Morgan fingerprint density at radius 2 is 1.79 bits per heavy atom. The summed E-state index contributed by atoms with van der Waals surface area (Å²) in [6.45, 7) is 4.26. The predicted molar refractivity (Wildman–Crippen MR) is 74.5 cm³/mol. The van der Waals surface area contributed by atoms with Crippen molar-refractivity contribution in [1.82, 2.24) is 10.2 Å². The first-order valence-electron chi connectivity index (χ1n) is 7.99. The van der Waals surface area contributed by atoms with Crippen LogP contribution in [0.1, 0.15) is 25.7 Å². The third kappa shape index (κ3) is 2.03. The van der Waals surface area contributed by atoms with E-state index in [0.29, 0.717) is 17.7 Å². The summed E-state index contributed by atoms with van der Waals surface area (Å²) in [5.41, 5.74) is 0. The Morgan fingerprint density at radius 3 is 2.47 bits per heavy atom. The van der Waals surface area contributed by atoms with Crippen molar-refractivity contribution in [3.05, 3.63) is 12.2 Å². The van der Waals surface area contributed by atoms with E-state index < -0.39 is 0 Å². The van der Waals surface area contributed by atoms with E-state index in [1.54, 1.807) is 0 Å². The van der Waals surface area contributed by atoms with Gasteiger partial charge in [-0.05, 0) is 42.9 Å². The van der Waals surface area contributed by atoms with Crippen LogP contribution in [-0.4, -0.2) is 37.0 Å². The molecule has 0 bridgehead atoms. The molecule has 19 heavy (non-hydrogen) atoms. The summed E-state index contributed by atoms with van der Waals surface area (Å²) in [5.74, 6) is 3.74. The first-order chi connectivity index (χ1) is 9.31. The molecule has 2 aliphatic carbocycles. The molecule has 4 rings (SSSR count). The van der Waals surface area contributed by atoms with Crippen molar-refractivity contribution in [2.45, 2.75) is 25.7 Å². The number of nitrogens with zero attached hydrogens (tertiary/aromatic N) is 1. The Balaban J connectivity index is 1.41. The maximum absolute atomic E-state index is 12.7. The molecule has 3 nitrogen and oxygen atoms in total. The van der Waals surface area contributed by atoms with Gasteiger partial charge in [0.25, 0.3) is 0 Å². The lowest BCUT2D eigenvalue weighted by molar-refractivity contribution is -0.135. The van der Waals surface area contributed by atoms with E-state index in [4.69, 9.17) is 0 Å². The van der Waals surface area contributed by atoms with Crippen LogP contribution in [0, 0.1) is 29.6 Å². The Bertz CT molecular complexity index is 394. The van der Waals surface area contributed by atoms with E-state index in [1.165, 1.54) is 12.8 Å². The van der Waals surface area contributed by atoms with Crippen molar-refractivity contribution >= 4 is 5.91 Å². The van der Waals surface area contributed by atoms with E-state index >= 15 is 0 Å². The number of rotatable bonds is 1. The molecule has 3 fully saturated rings. The number of nitrogens with one attached hydrogen (secondary N) is 1. The third-order valence-electron chi connectivity index (χ3n) is 5.85. The van der Waals surface area contributed by atoms with Gasteiger partial charge in [-0.15, -0.1) is 0 Å². The minimum atomic E-state index is 0.312. The lowest BCUT2D eigenvalue weighted by atomic mass is 9.77. The number of carbonyl (C=O) groups excluding carboxylic acids is 1. The number of likely N-dealkylation sites (tertiary alicyclic amines) is 1. The van der Waals surface area contributed by atoms with Gasteiger partial charge in [-0.25, -0.2) is 0 Å². The van der Waals surface area contributed by atoms with E-state index in [-0.39, 0.29) is 0 Å². The van der Waals surface area contributed by atoms with Gasteiger partial charge in [0.2, 0.25) is 5.91 Å². The van der Waals surface area contributed by atoms with Crippen LogP contribution in [0.5, 0.6) is 0 Å². The Kier molecular flexibility index (Phi) is 2.91. The summed E-state index contributed by atoms with van der Waals surface area (Å²) in [7, 11) is 0. The molecule has 1 amide bonds. The van der Waals surface area contributed by atoms with Crippen molar-refractivity contribution in [2.75, 3.05) is 26.2 Å². The maximum Gasteiger partial charge on any atom is 0.225 e. The second kappa shape index (κ2) is 4.62. The summed E-state index contributed by atoms with van der Waals surface area (Å²) in [5, 5.41) is 3.45.